The number of piperidine rings is 1. The van der Waals surface area contributed by atoms with E-state index in [1.807, 2.05) is 17.0 Å². The van der Waals surface area contributed by atoms with Gasteiger partial charge in [0.25, 0.3) is 0 Å². The number of carbonyl (C=O) groups is 1. The molecule has 0 bridgehead atoms. The van der Waals surface area contributed by atoms with Crippen molar-refractivity contribution < 1.29 is 19.0 Å². The smallest absolute Gasteiger partial charge is 0.317 e. The third-order valence-corrected chi connectivity index (χ3v) is 4.79. The molecule has 0 saturated carbocycles. The molecule has 1 aromatic rings. The summed E-state index contributed by atoms with van der Waals surface area (Å²) in [5, 5.41) is 2.98. The average Bonchev–Trinajstić information content (AvgIpc) is 2.60. The lowest BCUT2D eigenvalue weighted by Crippen LogP contribution is -2.46. The Morgan fingerprint density at radius 1 is 1.12 bits per heavy atom. The number of nitrogens with one attached hydrogen (secondary N) is 1. The van der Waals surface area contributed by atoms with E-state index in [0.29, 0.717) is 35.6 Å². The minimum absolute atomic E-state index is 0.0255. The number of hydrogen-bond acceptors (Lipinski definition) is 4. The number of urea groups is 1. The molecule has 1 aliphatic heterocycles. The minimum atomic E-state index is -0.0255. The van der Waals surface area contributed by atoms with E-state index in [2.05, 4.69) is 19.2 Å². The number of hydrogen-bond donors (Lipinski definition) is 1. The highest BCUT2D eigenvalue weighted by molar-refractivity contribution is 5.74. The number of likely N-dealkylation sites (tertiary alicyclic amines) is 1. The first-order chi connectivity index (χ1) is 11.5. The summed E-state index contributed by atoms with van der Waals surface area (Å²) >= 11 is 0. The van der Waals surface area contributed by atoms with E-state index in [-0.39, 0.29) is 6.03 Å². The lowest BCUT2D eigenvalue weighted by atomic mass is 9.89. The maximum Gasteiger partial charge on any atom is 0.317 e. The van der Waals surface area contributed by atoms with E-state index in [4.69, 9.17) is 14.2 Å². The third-order valence-electron chi connectivity index (χ3n) is 4.79. The molecule has 0 aromatic heterocycles. The molecule has 0 aliphatic carbocycles. The molecule has 6 heteroatoms. The molecular weight excluding hydrogens is 308 g/mol. The first kappa shape index (κ1) is 18.2. The molecule has 2 atom stereocenters. The van der Waals surface area contributed by atoms with Gasteiger partial charge in [-0.25, -0.2) is 4.79 Å². The van der Waals surface area contributed by atoms with Crippen LogP contribution in [0.1, 0.15) is 25.8 Å². The average molecular weight is 336 g/mol. The second kappa shape index (κ2) is 8.13. The van der Waals surface area contributed by atoms with Gasteiger partial charge in [0.1, 0.15) is 0 Å². The van der Waals surface area contributed by atoms with Crippen molar-refractivity contribution in [3.05, 3.63) is 17.7 Å². The second-order valence-corrected chi connectivity index (χ2v) is 6.38. The van der Waals surface area contributed by atoms with E-state index >= 15 is 0 Å². The number of carbonyl (C=O) groups excluding carboxylic acids is 1. The first-order valence-corrected chi connectivity index (χ1v) is 8.31. The fraction of sp³-hybridized carbons (Fsp3) is 0.611. The number of nitrogens with zero attached hydrogens (tertiary/aromatic N) is 1. The van der Waals surface area contributed by atoms with Crippen molar-refractivity contribution in [2.75, 3.05) is 34.4 Å². The van der Waals surface area contributed by atoms with Crippen LogP contribution in [-0.4, -0.2) is 45.3 Å². The third kappa shape index (κ3) is 4.04. The highest BCUT2D eigenvalue weighted by Gasteiger charge is 2.25. The number of amides is 2. The highest BCUT2D eigenvalue weighted by Crippen LogP contribution is 2.38. The molecule has 1 aliphatic rings. The molecule has 2 rings (SSSR count). The minimum Gasteiger partial charge on any atom is -0.493 e. The Morgan fingerprint density at radius 3 is 2.25 bits per heavy atom. The van der Waals surface area contributed by atoms with Gasteiger partial charge in [0.05, 0.1) is 21.3 Å². The fourth-order valence-corrected chi connectivity index (χ4v) is 2.97. The van der Waals surface area contributed by atoms with Crippen LogP contribution in [0.3, 0.4) is 0 Å². The van der Waals surface area contributed by atoms with Gasteiger partial charge in [-0.15, -0.1) is 0 Å². The summed E-state index contributed by atoms with van der Waals surface area (Å²) in [5.74, 6) is 2.92. The van der Waals surface area contributed by atoms with Gasteiger partial charge in [-0.05, 0) is 36.0 Å². The van der Waals surface area contributed by atoms with E-state index in [9.17, 15) is 4.79 Å². The van der Waals surface area contributed by atoms with Crippen LogP contribution in [0.4, 0.5) is 4.79 Å². The molecule has 1 N–H and O–H groups in total. The molecular formula is C18H28N2O4. The summed E-state index contributed by atoms with van der Waals surface area (Å²) in [6, 6.07) is 3.67. The largest absolute Gasteiger partial charge is 0.493 e. The Bertz CT molecular complexity index is 551. The number of benzene rings is 1. The number of methoxy groups -OCH3 is 3. The van der Waals surface area contributed by atoms with Gasteiger partial charge in [-0.1, -0.05) is 13.8 Å². The molecule has 2 amide bonds. The zero-order valence-electron chi connectivity index (χ0n) is 15.2. The Kier molecular flexibility index (Phi) is 6.17. The van der Waals surface area contributed by atoms with Crippen molar-refractivity contribution in [1.82, 2.24) is 10.2 Å². The zero-order valence-corrected chi connectivity index (χ0v) is 15.2. The summed E-state index contributed by atoms with van der Waals surface area (Å²) in [4.78, 5) is 14.3. The highest BCUT2D eigenvalue weighted by atomic mass is 16.5. The van der Waals surface area contributed by atoms with Gasteiger partial charge < -0.3 is 24.4 Å². The maximum atomic E-state index is 12.4. The summed E-state index contributed by atoms with van der Waals surface area (Å²) < 4.78 is 16.0. The summed E-state index contributed by atoms with van der Waals surface area (Å²) in [6.07, 6.45) is 1.05. The normalized spacial score (nSPS) is 20.5. The second-order valence-electron chi connectivity index (χ2n) is 6.38. The van der Waals surface area contributed by atoms with Crippen molar-refractivity contribution in [3.63, 3.8) is 0 Å². The molecule has 0 spiro atoms. The predicted octanol–water partition coefficient (Wildman–Crippen LogP) is 2.90. The molecule has 2 unspecified atom stereocenters. The van der Waals surface area contributed by atoms with E-state index in [0.717, 1.165) is 25.1 Å². The monoisotopic (exact) mass is 336 g/mol. The van der Waals surface area contributed by atoms with Crippen LogP contribution in [0, 0.1) is 11.8 Å². The maximum absolute atomic E-state index is 12.4. The van der Waals surface area contributed by atoms with Crippen molar-refractivity contribution in [1.29, 1.82) is 0 Å². The Balaban J connectivity index is 2.02. The Morgan fingerprint density at radius 2 is 1.75 bits per heavy atom. The zero-order chi connectivity index (χ0) is 17.7. The van der Waals surface area contributed by atoms with Crippen LogP contribution in [0.2, 0.25) is 0 Å². The number of rotatable bonds is 5. The molecule has 1 aromatic carbocycles. The fourth-order valence-electron chi connectivity index (χ4n) is 2.97. The quantitative estimate of drug-likeness (QED) is 0.898. The van der Waals surface area contributed by atoms with Gasteiger partial charge in [-0.3, -0.25) is 0 Å². The first-order valence-electron chi connectivity index (χ1n) is 8.31. The molecule has 1 fully saturated rings. The van der Waals surface area contributed by atoms with E-state index in [1.54, 1.807) is 21.3 Å². The van der Waals surface area contributed by atoms with Crippen LogP contribution in [0.5, 0.6) is 17.2 Å². The van der Waals surface area contributed by atoms with E-state index in [1.165, 1.54) is 0 Å². The van der Waals surface area contributed by atoms with Gasteiger partial charge >= 0.3 is 6.03 Å². The van der Waals surface area contributed by atoms with Crippen molar-refractivity contribution in [2.24, 2.45) is 11.8 Å². The lowest BCUT2D eigenvalue weighted by molar-refractivity contribution is 0.144. The molecule has 6 nitrogen and oxygen atoms in total. The summed E-state index contributed by atoms with van der Waals surface area (Å²) in [7, 11) is 4.73. The molecule has 1 heterocycles. The van der Waals surface area contributed by atoms with Gasteiger partial charge in [0.2, 0.25) is 5.75 Å². The standard InChI is InChI=1S/C18H28N2O4/c1-12-6-7-20(11-13(12)2)18(21)19-10-14-8-15(22-3)17(24-5)16(9-14)23-4/h8-9,12-13H,6-7,10-11H2,1-5H3,(H,19,21). The molecule has 134 valence electrons. The topological polar surface area (TPSA) is 60.0 Å². The summed E-state index contributed by atoms with van der Waals surface area (Å²) in [5.41, 5.74) is 0.899. The Hall–Kier alpha value is -2.11. The molecule has 24 heavy (non-hydrogen) atoms. The van der Waals surface area contributed by atoms with Crippen molar-refractivity contribution in [2.45, 2.75) is 26.8 Å². The van der Waals surface area contributed by atoms with Crippen molar-refractivity contribution >= 4 is 6.03 Å². The van der Waals surface area contributed by atoms with Gasteiger partial charge in [0, 0.05) is 19.6 Å². The molecule has 1 saturated heterocycles. The molecule has 0 radical (unpaired) electrons. The van der Waals surface area contributed by atoms with Gasteiger partial charge in [0.15, 0.2) is 11.5 Å². The van der Waals surface area contributed by atoms with Crippen LogP contribution >= 0.6 is 0 Å². The predicted molar refractivity (Wildman–Crippen MR) is 92.9 cm³/mol. The Labute approximate surface area is 144 Å². The van der Waals surface area contributed by atoms with Crippen molar-refractivity contribution in [3.8, 4) is 17.2 Å². The van der Waals surface area contributed by atoms with Crippen LogP contribution in [0.15, 0.2) is 12.1 Å². The lowest BCUT2D eigenvalue weighted by Gasteiger charge is -2.35. The van der Waals surface area contributed by atoms with Gasteiger partial charge in [-0.2, -0.15) is 0 Å². The van der Waals surface area contributed by atoms with Crippen LogP contribution in [-0.2, 0) is 6.54 Å². The van der Waals surface area contributed by atoms with Crippen LogP contribution in [0.25, 0.3) is 0 Å². The summed E-state index contributed by atoms with van der Waals surface area (Å²) in [6.45, 7) is 6.48. The SMILES string of the molecule is COc1cc(CNC(=O)N2CCC(C)C(C)C2)cc(OC)c1OC. The number of ether oxygens (including phenoxy) is 3. The van der Waals surface area contributed by atoms with Crippen LogP contribution < -0.4 is 19.5 Å². The van der Waals surface area contributed by atoms with E-state index < -0.39 is 0 Å².